The summed E-state index contributed by atoms with van der Waals surface area (Å²) in [6.45, 7) is 0. The second-order valence-electron chi connectivity index (χ2n) is 7.17. The molecule has 4 rings (SSSR count). The molecule has 0 saturated heterocycles. The first kappa shape index (κ1) is 25.6. The first-order chi connectivity index (χ1) is 16.0. The van der Waals surface area contributed by atoms with Crippen molar-refractivity contribution in [1.29, 1.82) is 0 Å². The maximum absolute atomic E-state index is 13.5. The predicted molar refractivity (Wildman–Crippen MR) is 123 cm³/mol. The summed E-state index contributed by atoms with van der Waals surface area (Å²) in [6, 6.07) is 18.6. The number of rotatable bonds is 8. The molecule has 4 aromatic rings. The predicted octanol–water partition coefficient (Wildman–Crippen LogP) is 0.342. The number of hydrogen-bond donors (Lipinski definition) is 0. The Bertz CT molecular complexity index is 1370. The quantitative estimate of drug-likeness (QED) is 0.203. The molecular weight excluding hydrogens is 463 g/mol. The van der Waals surface area contributed by atoms with Crippen molar-refractivity contribution in [2.45, 2.75) is 6.42 Å². The number of carbonyl (C=O) groups is 2. The van der Waals surface area contributed by atoms with E-state index in [1.807, 2.05) is 0 Å². The van der Waals surface area contributed by atoms with E-state index >= 15 is 0 Å². The SMILES string of the molecule is COc1ccc(C/C(C(=O)c2ccccc2)=C(\C(=O)[O-])c2ccc3nsnc3c2)cc1OC.[Na+]. The number of carboxylic acids is 1. The van der Waals surface area contributed by atoms with E-state index in [1.54, 1.807) is 66.7 Å². The van der Waals surface area contributed by atoms with Gasteiger partial charge in [0.2, 0.25) is 0 Å². The Balaban J connectivity index is 0.00000324. The summed E-state index contributed by atoms with van der Waals surface area (Å²) in [4.78, 5) is 25.9. The van der Waals surface area contributed by atoms with Crippen LogP contribution < -0.4 is 44.1 Å². The van der Waals surface area contributed by atoms with Gasteiger partial charge in [-0.15, -0.1) is 0 Å². The van der Waals surface area contributed by atoms with E-state index in [0.29, 0.717) is 39.2 Å². The molecule has 1 heterocycles. The molecule has 0 spiro atoms. The summed E-state index contributed by atoms with van der Waals surface area (Å²) in [5.41, 5.74) is 2.50. The standard InChI is InChI=1S/C25H20N2O5S.Na/c1-31-21-11-8-15(13-22(21)32-2)12-18(24(28)16-6-4-3-5-7-16)23(25(29)30)17-9-10-19-20(14-17)27-33-26-19;/h3-11,13-14H,12H2,1-2H3,(H,29,30);/q;+1/p-1/b23-18+;. The molecule has 7 nitrogen and oxygen atoms in total. The van der Waals surface area contributed by atoms with Gasteiger partial charge in [0.1, 0.15) is 11.0 Å². The third kappa shape index (κ3) is 5.37. The maximum atomic E-state index is 13.5. The molecule has 0 radical (unpaired) electrons. The largest absolute Gasteiger partial charge is 1.00 e. The number of nitrogens with zero attached hydrogens (tertiary/aromatic N) is 2. The number of ether oxygens (including phenoxy) is 2. The van der Waals surface area contributed by atoms with Crippen molar-refractivity contribution in [3.05, 3.63) is 89.0 Å². The zero-order valence-corrected chi connectivity index (χ0v) is 21.7. The molecule has 9 heteroatoms. The number of allylic oxidation sites excluding steroid dienone is 1. The number of benzene rings is 3. The van der Waals surface area contributed by atoms with Gasteiger partial charge in [-0.2, -0.15) is 8.75 Å². The molecule has 0 unspecified atom stereocenters. The Labute approximate surface area is 222 Å². The van der Waals surface area contributed by atoms with Gasteiger partial charge in [0, 0.05) is 23.1 Å². The van der Waals surface area contributed by atoms with Gasteiger partial charge in [-0.05, 0) is 35.4 Å². The number of ketones is 1. The molecule has 3 aromatic carbocycles. The zero-order chi connectivity index (χ0) is 23.4. The Morgan fingerprint density at radius 1 is 0.853 bits per heavy atom. The molecule has 0 N–H and O–H groups in total. The summed E-state index contributed by atoms with van der Waals surface area (Å²) in [6.07, 6.45) is 0.0464. The number of aromatic nitrogens is 2. The van der Waals surface area contributed by atoms with Crippen LogP contribution in [0.5, 0.6) is 11.5 Å². The number of methoxy groups -OCH3 is 2. The van der Waals surface area contributed by atoms with Crippen molar-refractivity contribution in [3.63, 3.8) is 0 Å². The van der Waals surface area contributed by atoms with Crippen molar-refractivity contribution >= 4 is 40.1 Å². The van der Waals surface area contributed by atoms with Crippen molar-refractivity contribution in [3.8, 4) is 11.5 Å². The van der Waals surface area contributed by atoms with Crippen LogP contribution in [-0.2, 0) is 11.2 Å². The average molecular weight is 482 g/mol. The summed E-state index contributed by atoms with van der Waals surface area (Å²) < 4.78 is 19.0. The second-order valence-corrected chi connectivity index (χ2v) is 7.70. The number of fused-ring (bicyclic) bond motifs is 1. The third-order valence-corrected chi connectivity index (χ3v) is 5.74. The van der Waals surface area contributed by atoms with Gasteiger partial charge < -0.3 is 19.4 Å². The Morgan fingerprint density at radius 2 is 1.56 bits per heavy atom. The summed E-state index contributed by atoms with van der Waals surface area (Å²) in [7, 11) is 3.04. The fourth-order valence-electron chi connectivity index (χ4n) is 3.59. The van der Waals surface area contributed by atoms with Crippen LogP contribution in [0.2, 0.25) is 0 Å². The first-order valence-corrected chi connectivity index (χ1v) is 10.7. The fourth-order valence-corrected chi connectivity index (χ4v) is 4.11. The average Bonchev–Trinajstić information content (AvgIpc) is 3.31. The molecule has 0 atom stereocenters. The van der Waals surface area contributed by atoms with E-state index in [1.165, 1.54) is 14.2 Å². The van der Waals surface area contributed by atoms with Gasteiger partial charge in [0.25, 0.3) is 0 Å². The molecule has 34 heavy (non-hydrogen) atoms. The smallest absolute Gasteiger partial charge is 0.545 e. The van der Waals surface area contributed by atoms with Crippen LogP contribution in [0.3, 0.4) is 0 Å². The molecule has 0 fully saturated rings. The van der Waals surface area contributed by atoms with Crippen LogP contribution in [0.25, 0.3) is 16.6 Å². The van der Waals surface area contributed by atoms with Gasteiger partial charge in [0.05, 0.1) is 31.9 Å². The van der Waals surface area contributed by atoms with E-state index < -0.39 is 11.8 Å². The van der Waals surface area contributed by atoms with E-state index in [4.69, 9.17) is 9.47 Å². The van der Waals surface area contributed by atoms with Gasteiger partial charge >= 0.3 is 29.6 Å². The molecule has 1 aromatic heterocycles. The second kappa shape index (κ2) is 11.4. The molecule has 0 amide bonds. The number of Topliss-reactive ketones (excluding diaryl/α,β-unsaturated/α-hetero) is 1. The molecule has 0 aliphatic rings. The Hall–Kier alpha value is -3.04. The van der Waals surface area contributed by atoms with E-state index in [9.17, 15) is 14.7 Å². The molecule has 0 saturated carbocycles. The van der Waals surface area contributed by atoms with Crippen LogP contribution in [0, 0.1) is 0 Å². The molecule has 0 aliphatic carbocycles. The number of carboxylic acid groups (broad SMARTS) is 1. The van der Waals surface area contributed by atoms with E-state index in [0.717, 1.165) is 11.7 Å². The number of aliphatic carboxylic acids is 1. The van der Waals surface area contributed by atoms with E-state index in [2.05, 4.69) is 8.75 Å². The topological polar surface area (TPSA) is 101 Å². The zero-order valence-electron chi connectivity index (χ0n) is 18.9. The third-order valence-electron chi connectivity index (χ3n) is 5.19. The number of carbonyl (C=O) groups excluding carboxylic acids is 2. The number of hydrogen-bond acceptors (Lipinski definition) is 8. The minimum absolute atomic E-state index is 0. The minimum atomic E-state index is -1.45. The van der Waals surface area contributed by atoms with Crippen molar-refractivity contribution in [2.75, 3.05) is 14.2 Å². The molecular formula is C25H19N2NaO5S. The van der Waals surface area contributed by atoms with Gasteiger partial charge in [-0.3, -0.25) is 4.79 Å². The van der Waals surface area contributed by atoms with Crippen LogP contribution in [0.1, 0.15) is 21.5 Å². The Morgan fingerprint density at radius 3 is 2.24 bits per heavy atom. The van der Waals surface area contributed by atoms with Gasteiger partial charge in [0.15, 0.2) is 17.3 Å². The van der Waals surface area contributed by atoms with Gasteiger partial charge in [-0.25, -0.2) is 0 Å². The molecule has 166 valence electrons. The molecule has 0 bridgehead atoms. The summed E-state index contributed by atoms with van der Waals surface area (Å²) >= 11 is 1.03. The Kier molecular flexibility index (Phi) is 8.57. The van der Waals surface area contributed by atoms with Gasteiger partial charge in [-0.1, -0.05) is 42.5 Å². The van der Waals surface area contributed by atoms with Crippen molar-refractivity contribution < 1.29 is 53.7 Å². The fraction of sp³-hybridized carbons (Fsp3) is 0.120. The van der Waals surface area contributed by atoms with Crippen LogP contribution >= 0.6 is 11.7 Å². The van der Waals surface area contributed by atoms with Crippen LogP contribution in [0.15, 0.2) is 72.3 Å². The first-order valence-electron chi connectivity index (χ1n) is 9.99. The maximum Gasteiger partial charge on any atom is 1.00 e. The van der Waals surface area contributed by atoms with E-state index in [-0.39, 0.29) is 47.1 Å². The summed E-state index contributed by atoms with van der Waals surface area (Å²) in [5.74, 6) is -0.840. The van der Waals surface area contributed by atoms with Crippen molar-refractivity contribution in [1.82, 2.24) is 8.75 Å². The van der Waals surface area contributed by atoms with Crippen molar-refractivity contribution in [2.24, 2.45) is 0 Å². The van der Waals surface area contributed by atoms with Crippen LogP contribution in [0.4, 0.5) is 0 Å². The molecule has 0 aliphatic heterocycles. The monoisotopic (exact) mass is 482 g/mol. The van der Waals surface area contributed by atoms with Crippen LogP contribution in [-0.4, -0.2) is 34.7 Å². The normalized spacial score (nSPS) is 11.4. The minimum Gasteiger partial charge on any atom is -0.545 e. The summed E-state index contributed by atoms with van der Waals surface area (Å²) in [5, 5.41) is 12.4.